The third-order valence-corrected chi connectivity index (χ3v) is 4.06. The third-order valence-electron chi connectivity index (χ3n) is 3.51. The van der Waals surface area contributed by atoms with Crippen molar-refractivity contribution in [3.63, 3.8) is 0 Å². The van der Waals surface area contributed by atoms with Gasteiger partial charge in [-0.1, -0.05) is 41.4 Å². The summed E-state index contributed by atoms with van der Waals surface area (Å²) in [6.07, 6.45) is 0. The van der Waals surface area contributed by atoms with E-state index in [1.54, 1.807) is 36.4 Å². The Labute approximate surface area is 148 Å². The van der Waals surface area contributed by atoms with E-state index in [4.69, 9.17) is 28.9 Å². The number of aromatic nitrogens is 1. The number of benzene rings is 2. The van der Waals surface area contributed by atoms with Gasteiger partial charge in [0, 0.05) is 21.7 Å². The van der Waals surface area contributed by atoms with Crippen LogP contribution in [0.2, 0.25) is 10.0 Å². The van der Waals surface area contributed by atoms with Gasteiger partial charge in [-0.05, 0) is 30.3 Å². The predicted octanol–water partition coefficient (Wildman–Crippen LogP) is 5.32. The first-order valence-corrected chi connectivity index (χ1v) is 7.68. The Morgan fingerprint density at radius 2 is 1.83 bits per heavy atom. The number of rotatable bonds is 2. The Hall–Kier alpha value is -2.61. The first kappa shape index (κ1) is 16.3. The average molecular weight is 358 g/mol. The van der Waals surface area contributed by atoms with Gasteiger partial charge in [-0.3, -0.25) is 0 Å². The molecule has 2 N–H and O–H groups in total. The number of nitrogen functional groups attached to an aromatic ring is 1. The van der Waals surface area contributed by atoms with Gasteiger partial charge in [-0.15, -0.1) is 0 Å². The van der Waals surface area contributed by atoms with Crippen LogP contribution in [-0.4, -0.2) is 4.98 Å². The molecule has 3 aromatic rings. The number of hydrogen-bond acceptors (Lipinski definition) is 3. The minimum atomic E-state index is -0.540. The van der Waals surface area contributed by atoms with E-state index in [0.29, 0.717) is 21.8 Å². The van der Waals surface area contributed by atoms with Crippen molar-refractivity contribution in [3.8, 4) is 28.5 Å². The fourth-order valence-electron chi connectivity index (χ4n) is 2.43. The summed E-state index contributed by atoms with van der Waals surface area (Å²) in [6, 6.07) is 14.9. The highest BCUT2D eigenvalue weighted by atomic mass is 35.5. The van der Waals surface area contributed by atoms with Crippen molar-refractivity contribution in [2.24, 2.45) is 0 Å². The molecular weight excluding hydrogens is 348 g/mol. The molecule has 0 aliphatic carbocycles. The van der Waals surface area contributed by atoms with Crippen LogP contribution < -0.4 is 5.73 Å². The summed E-state index contributed by atoms with van der Waals surface area (Å²) in [5.74, 6) is -0.536. The van der Waals surface area contributed by atoms with Gasteiger partial charge in [-0.2, -0.15) is 5.26 Å². The van der Waals surface area contributed by atoms with E-state index in [9.17, 15) is 9.65 Å². The van der Waals surface area contributed by atoms with E-state index in [0.717, 1.165) is 0 Å². The minimum absolute atomic E-state index is 0.00398. The van der Waals surface area contributed by atoms with Gasteiger partial charge in [0.05, 0.1) is 10.7 Å². The maximum Gasteiger partial charge on any atom is 0.142 e. The van der Waals surface area contributed by atoms with Gasteiger partial charge in [0.15, 0.2) is 0 Å². The van der Waals surface area contributed by atoms with E-state index in [1.165, 1.54) is 12.1 Å². The second kappa shape index (κ2) is 6.48. The molecule has 2 aromatic carbocycles. The Morgan fingerprint density at radius 1 is 1.08 bits per heavy atom. The van der Waals surface area contributed by atoms with Crippen LogP contribution in [0.25, 0.3) is 22.4 Å². The summed E-state index contributed by atoms with van der Waals surface area (Å²) >= 11 is 12.1. The number of halogens is 3. The van der Waals surface area contributed by atoms with Crippen molar-refractivity contribution in [1.82, 2.24) is 4.98 Å². The normalized spacial score (nSPS) is 10.4. The monoisotopic (exact) mass is 357 g/mol. The molecule has 1 aromatic heterocycles. The molecule has 118 valence electrons. The van der Waals surface area contributed by atoms with Crippen LogP contribution in [0.4, 0.5) is 10.2 Å². The molecule has 24 heavy (non-hydrogen) atoms. The maximum absolute atomic E-state index is 14.3. The molecule has 0 aliphatic rings. The lowest BCUT2D eigenvalue weighted by Gasteiger charge is -2.12. The Kier molecular flexibility index (Phi) is 4.39. The molecule has 0 unspecified atom stereocenters. The standard InChI is InChI=1S/C18H10Cl2FN3/c19-11-4-1-3-10(7-11)16-8-12(13(9-22)18(23)24-16)17-14(20)5-2-6-15(17)21/h1-8H,(H2,23,24). The number of hydrogen-bond donors (Lipinski definition) is 1. The summed E-state index contributed by atoms with van der Waals surface area (Å²) < 4.78 is 14.3. The molecule has 0 saturated carbocycles. The number of nitrogens with two attached hydrogens (primary N) is 1. The Morgan fingerprint density at radius 3 is 2.50 bits per heavy atom. The molecule has 0 aliphatic heterocycles. The van der Waals surface area contributed by atoms with Crippen molar-refractivity contribution < 1.29 is 4.39 Å². The smallest absolute Gasteiger partial charge is 0.142 e. The fourth-order valence-corrected chi connectivity index (χ4v) is 2.89. The summed E-state index contributed by atoms with van der Waals surface area (Å²) in [5.41, 5.74) is 7.58. The maximum atomic E-state index is 14.3. The van der Waals surface area contributed by atoms with Gasteiger partial charge in [0.2, 0.25) is 0 Å². The summed E-state index contributed by atoms with van der Waals surface area (Å²) in [6.45, 7) is 0. The molecular formula is C18H10Cl2FN3. The van der Waals surface area contributed by atoms with Crippen LogP contribution in [0.1, 0.15) is 5.56 Å². The van der Waals surface area contributed by atoms with Gasteiger partial charge >= 0.3 is 0 Å². The molecule has 0 spiro atoms. The summed E-state index contributed by atoms with van der Waals surface area (Å²) in [4.78, 5) is 4.23. The molecule has 6 heteroatoms. The number of nitrogens with zero attached hydrogens (tertiary/aromatic N) is 2. The van der Waals surface area contributed by atoms with E-state index in [1.807, 2.05) is 6.07 Å². The molecule has 0 fully saturated rings. The molecule has 3 rings (SSSR count). The SMILES string of the molecule is N#Cc1c(-c2c(F)cccc2Cl)cc(-c2cccc(Cl)c2)nc1N. The first-order valence-electron chi connectivity index (χ1n) is 6.92. The molecule has 0 radical (unpaired) electrons. The quantitative estimate of drug-likeness (QED) is 0.675. The second-order valence-electron chi connectivity index (χ2n) is 5.03. The van der Waals surface area contributed by atoms with Crippen molar-refractivity contribution >= 4 is 29.0 Å². The number of nitriles is 1. The van der Waals surface area contributed by atoms with Crippen LogP contribution in [0, 0.1) is 17.1 Å². The van der Waals surface area contributed by atoms with Crippen LogP contribution in [0.3, 0.4) is 0 Å². The van der Waals surface area contributed by atoms with Crippen LogP contribution in [0.5, 0.6) is 0 Å². The van der Waals surface area contributed by atoms with E-state index < -0.39 is 5.82 Å². The molecule has 3 nitrogen and oxygen atoms in total. The van der Waals surface area contributed by atoms with Gasteiger partial charge in [-0.25, -0.2) is 9.37 Å². The van der Waals surface area contributed by atoms with Crippen molar-refractivity contribution in [2.45, 2.75) is 0 Å². The van der Waals surface area contributed by atoms with E-state index >= 15 is 0 Å². The molecule has 0 saturated heterocycles. The van der Waals surface area contributed by atoms with Crippen molar-refractivity contribution in [3.05, 3.63) is 70.0 Å². The highest BCUT2D eigenvalue weighted by Crippen LogP contribution is 2.36. The minimum Gasteiger partial charge on any atom is -0.383 e. The van der Waals surface area contributed by atoms with Crippen LogP contribution in [-0.2, 0) is 0 Å². The van der Waals surface area contributed by atoms with Gasteiger partial charge in [0.25, 0.3) is 0 Å². The lowest BCUT2D eigenvalue weighted by atomic mass is 9.98. The summed E-state index contributed by atoms with van der Waals surface area (Å²) in [5, 5.41) is 10.1. The summed E-state index contributed by atoms with van der Waals surface area (Å²) in [7, 11) is 0. The number of pyridine rings is 1. The topological polar surface area (TPSA) is 62.7 Å². The van der Waals surface area contributed by atoms with E-state index in [2.05, 4.69) is 4.98 Å². The molecule has 0 atom stereocenters. The molecule has 1 heterocycles. The van der Waals surface area contributed by atoms with Crippen molar-refractivity contribution in [1.29, 1.82) is 5.26 Å². The lowest BCUT2D eigenvalue weighted by molar-refractivity contribution is 0.631. The van der Waals surface area contributed by atoms with Gasteiger partial charge < -0.3 is 5.73 Å². The lowest BCUT2D eigenvalue weighted by Crippen LogP contribution is -2.01. The van der Waals surface area contributed by atoms with Crippen LogP contribution in [0.15, 0.2) is 48.5 Å². The number of anilines is 1. The van der Waals surface area contributed by atoms with Gasteiger partial charge in [0.1, 0.15) is 23.3 Å². The van der Waals surface area contributed by atoms with E-state index in [-0.39, 0.29) is 22.0 Å². The predicted molar refractivity (Wildman–Crippen MR) is 94.2 cm³/mol. The highest BCUT2D eigenvalue weighted by molar-refractivity contribution is 6.33. The Balaban J connectivity index is 2.32. The second-order valence-corrected chi connectivity index (χ2v) is 5.88. The Bertz CT molecular complexity index is 960. The highest BCUT2D eigenvalue weighted by Gasteiger charge is 2.18. The van der Waals surface area contributed by atoms with Crippen LogP contribution >= 0.6 is 23.2 Å². The molecule has 0 amide bonds. The third kappa shape index (κ3) is 2.92. The largest absolute Gasteiger partial charge is 0.383 e. The average Bonchev–Trinajstić information content (AvgIpc) is 2.54. The first-order chi connectivity index (χ1) is 11.5. The zero-order valence-electron chi connectivity index (χ0n) is 12.2. The van der Waals surface area contributed by atoms with Crippen molar-refractivity contribution in [2.75, 3.05) is 5.73 Å². The fraction of sp³-hybridized carbons (Fsp3) is 0. The zero-order chi connectivity index (χ0) is 17.3. The zero-order valence-corrected chi connectivity index (χ0v) is 13.7. The molecule has 0 bridgehead atoms.